The summed E-state index contributed by atoms with van der Waals surface area (Å²) in [5, 5.41) is 10.2. The van der Waals surface area contributed by atoms with E-state index in [1.807, 2.05) is 30.3 Å². The largest absolute Gasteiger partial charge is 0.376 e. The van der Waals surface area contributed by atoms with Gasteiger partial charge in [0, 0.05) is 24.6 Å². The smallest absolute Gasteiger partial charge is 0.258 e. The molecule has 0 aliphatic carbocycles. The van der Waals surface area contributed by atoms with Crippen LogP contribution < -0.4 is 5.56 Å². The summed E-state index contributed by atoms with van der Waals surface area (Å²) in [4.78, 5) is 23.9. The van der Waals surface area contributed by atoms with Crippen molar-refractivity contribution >= 4 is 22.7 Å². The Hall–Kier alpha value is -3.04. The Morgan fingerprint density at radius 2 is 2.03 bits per heavy atom. The Balaban J connectivity index is 1.44. The van der Waals surface area contributed by atoms with Crippen LogP contribution in [-0.4, -0.2) is 42.4 Å². The zero-order valence-electron chi connectivity index (χ0n) is 16.2. The van der Waals surface area contributed by atoms with E-state index in [1.54, 1.807) is 18.5 Å². The number of para-hydroxylation sites is 1. The Kier molecular flexibility index (Phi) is 5.29. The van der Waals surface area contributed by atoms with Crippen molar-refractivity contribution in [3.05, 3.63) is 65.0 Å². The summed E-state index contributed by atoms with van der Waals surface area (Å²) in [6, 6.07) is 11.2. The molecule has 4 heterocycles. The summed E-state index contributed by atoms with van der Waals surface area (Å²) in [6.45, 7) is 1.48. The number of fused-ring (bicyclic) bond motifs is 1. The number of thioether (sulfide) groups is 1. The van der Waals surface area contributed by atoms with Gasteiger partial charge in [-0.2, -0.15) is 0 Å². The van der Waals surface area contributed by atoms with Gasteiger partial charge in [0.2, 0.25) is 0 Å². The van der Waals surface area contributed by atoms with Gasteiger partial charge in [-0.1, -0.05) is 23.9 Å². The molecule has 5 rings (SSSR count). The third kappa shape index (κ3) is 3.86. The predicted octanol–water partition coefficient (Wildman–Crippen LogP) is 3.05. The lowest BCUT2D eigenvalue weighted by Gasteiger charge is -2.14. The van der Waals surface area contributed by atoms with Crippen molar-refractivity contribution in [1.82, 2.24) is 29.7 Å². The number of aromatic nitrogens is 6. The zero-order chi connectivity index (χ0) is 20.3. The normalized spacial score (nSPS) is 16.3. The molecule has 0 bridgehead atoms. The molecule has 1 atom stereocenters. The summed E-state index contributed by atoms with van der Waals surface area (Å²) in [5.41, 5.74) is 1.52. The summed E-state index contributed by atoms with van der Waals surface area (Å²) >= 11 is 1.50. The monoisotopic (exact) mass is 420 g/mol. The van der Waals surface area contributed by atoms with Crippen molar-refractivity contribution in [1.29, 1.82) is 0 Å². The molecular weight excluding hydrogens is 400 g/mol. The molecule has 1 aliphatic rings. The predicted molar refractivity (Wildman–Crippen MR) is 114 cm³/mol. The summed E-state index contributed by atoms with van der Waals surface area (Å²) < 4.78 is 7.93. The SMILES string of the molecule is O=c1[nH]c(CSc2nnc(-c3ccncc3)n2CC2CCCO2)nc2ccccc12. The standard InChI is InChI=1S/C21H20N6O2S/c28-20-16-5-1-2-6-17(16)23-18(24-20)13-30-21-26-25-19(14-7-9-22-10-8-14)27(21)12-15-4-3-11-29-15/h1-2,5-10,15H,3-4,11-13H2,(H,23,24,28). The molecule has 1 N–H and O–H groups in total. The van der Waals surface area contributed by atoms with Gasteiger partial charge in [-0.25, -0.2) is 4.98 Å². The highest BCUT2D eigenvalue weighted by molar-refractivity contribution is 7.98. The van der Waals surface area contributed by atoms with Crippen LogP contribution in [0.3, 0.4) is 0 Å². The second kappa shape index (κ2) is 8.37. The average Bonchev–Trinajstić information content (AvgIpc) is 3.43. The maximum absolute atomic E-state index is 12.3. The van der Waals surface area contributed by atoms with Gasteiger partial charge >= 0.3 is 0 Å². The van der Waals surface area contributed by atoms with E-state index in [1.165, 1.54) is 11.8 Å². The number of nitrogens with one attached hydrogen (secondary N) is 1. The lowest BCUT2D eigenvalue weighted by atomic mass is 10.2. The Morgan fingerprint density at radius 3 is 2.87 bits per heavy atom. The first kappa shape index (κ1) is 19.0. The lowest BCUT2D eigenvalue weighted by molar-refractivity contribution is 0.0953. The number of nitrogens with zero attached hydrogens (tertiary/aromatic N) is 5. The van der Waals surface area contributed by atoms with Crippen LogP contribution in [0, 0.1) is 0 Å². The second-order valence-electron chi connectivity index (χ2n) is 7.11. The van der Waals surface area contributed by atoms with Crippen molar-refractivity contribution in [3.63, 3.8) is 0 Å². The first-order chi connectivity index (χ1) is 14.8. The maximum atomic E-state index is 12.3. The molecule has 4 aromatic rings. The molecule has 30 heavy (non-hydrogen) atoms. The molecule has 1 aliphatic heterocycles. The average molecular weight is 420 g/mol. The van der Waals surface area contributed by atoms with Crippen molar-refractivity contribution in [2.75, 3.05) is 6.61 Å². The van der Waals surface area contributed by atoms with Crippen molar-refractivity contribution in [3.8, 4) is 11.4 Å². The summed E-state index contributed by atoms with van der Waals surface area (Å²) in [6.07, 6.45) is 5.74. The highest BCUT2D eigenvalue weighted by Crippen LogP contribution is 2.27. The highest BCUT2D eigenvalue weighted by atomic mass is 32.2. The van der Waals surface area contributed by atoms with Gasteiger partial charge in [-0.15, -0.1) is 10.2 Å². The van der Waals surface area contributed by atoms with Crippen molar-refractivity contribution < 1.29 is 4.74 Å². The van der Waals surface area contributed by atoms with Crippen LogP contribution >= 0.6 is 11.8 Å². The van der Waals surface area contributed by atoms with E-state index in [0.29, 0.717) is 29.0 Å². The Labute approximate surface area is 176 Å². The number of aromatic amines is 1. The fourth-order valence-corrected chi connectivity index (χ4v) is 4.42. The number of hydrogen-bond acceptors (Lipinski definition) is 7. The number of pyridine rings is 1. The fourth-order valence-electron chi connectivity index (χ4n) is 3.60. The van der Waals surface area contributed by atoms with Gasteiger partial charge in [-0.3, -0.25) is 14.3 Å². The van der Waals surface area contributed by atoms with Crippen LogP contribution in [0.25, 0.3) is 22.3 Å². The quantitative estimate of drug-likeness (QED) is 0.479. The van der Waals surface area contributed by atoms with Crippen LogP contribution in [0.15, 0.2) is 58.7 Å². The lowest BCUT2D eigenvalue weighted by Crippen LogP contribution is -2.17. The minimum atomic E-state index is -0.130. The first-order valence-electron chi connectivity index (χ1n) is 9.84. The molecule has 152 valence electrons. The Morgan fingerprint density at radius 1 is 1.17 bits per heavy atom. The van der Waals surface area contributed by atoms with Gasteiger partial charge in [0.15, 0.2) is 11.0 Å². The maximum Gasteiger partial charge on any atom is 0.258 e. The molecule has 8 nitrogen and oxygen atoms in total. The summed E-state index contributed by atoms with van der Waals surface area (Å²) in [7, 11) is 0. The first-order valence-corrected chi connectivity index (χ1v) is 10.8. The molecule has 0 saturated carbocycles. The molecule has 3 aromatic heterocycles. The molecule has 0 spiro atoms. The molecule has 1 unspecified atom stereocenters. The van der Waals surface area contributed by atoms with E-state index < -0.39 is 0 Å². The molecule has 0 radical (unpaired) electrons. The van der Waals surface area contributed by atoms with E-state index in [-0.39, 0.29) is 11.7 Å². The zero-order valence-corrected chi connectivity index (χ0v) is 17.0. The van der Waals surface area contributed by atoms with E-state index in [9.17, 15) is 4.79 Å². The van der Waals surface area contributed by atoms with Gasteiger partial charge in [0.1, 0.15) is 5.82 Å². The highest BCUT2D eigenvalue weighted by Gasteiger charge is 2.22. The minimum absolute atomic E-state index is 0.130. The number of hydrogen-bond donors (Lipinski definition) is 1. The molecule has 9 heteroatoms. The van der Waals surface area contributed by atoms with E-state index >= 15 is 0 Å². The second-order valence-corrected chi connectivity index (χ2v) is 8.05. The fraction of sp³-hybridized carbons (Fsp3) is 0.286. The minimum Gasteiger partial charge on any atom is -0.376 e. The van der Waals surface area contributed by atoms with Crippen LogP contribution in [0.2, 0.25) is 0 Å². The van der Waals surface area contributed by atoms with Gasteiger partial charge < -0.3 is 9.72 Å². The van der Waals surface area contributed by atoms with E-state index in [0.717, 1.165) is 36.0 Å². The number of rotatable bonds is 6. The van der Waals surface area contributed by atoms with Gasteiger partial charge in [0.05, 0.1) is 29.3 Å². The van der Waals surface area contributed by atoms with Crippen LogP contribution in [-0.2, 0) is 17.0 Å². The van der Waals surface area contributed by atoms with Crippen molar-refractivity contribution in [2.24, 2.45) is 0 Å². The third-order valence-electron chi connectivity index (χ3n) is 5.07. The number of ether oxygens (including phenoxy) is 1. The van der Waals surface area contributed by atoms with Gasteiger partial charge in [0.25, 0.3) is 5.56 Å². The van der Waals surface area contributed by atoms with Gasteiger partial charge in [-0.05, 0) is 37.1 Å². The van der Waals surface area contributed by atoms with Crippen LogP contribution in [0.5, 0.6) is 0 Å². The van der Waals surface area contributed by atoms with E-state index in [4.69, 9.17) is 4.74 Å². The molecular formula is C21H20N6O2S. The number of benzene rings is 1. The Bertz CT molecular complexity index is 1220. The topological polar surface area (TPSA) is 98.6 Å². The molecule has 1 saturated heterocycles. The van der Waals surface area contributed by atoms with Crippen molar-refractivity contribution in [2.45, 2.75) is 36.4 Å². The van der Waals surface area contributed by atoms with Crippen LogP contribution in [0.4, 0.5) is 0 Å². The molecule has 0 amide bonds. The third-order valence-corrected chi connectivity index (χ3v) is 6.04. The van der Waals surface area contributed by atoms with Crippen LogP contribution in [0.1, 0.15) is 18.7 Å². The number of H-pyrrole nitrogens is 1. The molecule has 1 aromatic carbocycles. The molecule has 1 fully saturated rings. The van der Waals surface area contributed by atoms with E-state index in [2.05, 4.69) is 29.7 Å². The summed E-state index contributed by atoms with van der Waals surface area (Å²) in [5.74, 6) is 1.89.